The number of alkyl halides is 3. The monoisotopic (exact) mass is 401 g/mol. The van der Waals surface area contributed by atoms with Gasteiger partial charge in [-0.2, -0.15) is 22.7 Å². The minimum absolute atomic E-state index is 0.0386. The molecule has 0 saturated heterocycles. The van der Waals surface area contributed by atoms with E-state index in [1.54, 1.807) is 6.07 Å². The molecule has 0 N–H and O–H groups in total. The van der Waals surface area contributed by atoms with Gasteiger partial charge in [-0.25, -0.2) is 12.8 Å². The zero-order valence-corrected chi connectivity index (χ0v) is 15.1. The molecule has 5 nitrogen and oxygen atoms in total. The summed E-state index contributed by atoms with van der Waals surface area (Å²) in [5.74, 6) is -0.698. The summed E-state index contributed by atoms with van der Waals surface area (Å²) in [6.45, 7) is 2.05. The van der Waals surface area contributed by atoms with Gasteiger partial charge in [-0.15, -0.1) is 0 Å². The van der Waals surface area contributed by atoms with Gasteiger partial charge in [-0.3, -0.25) is 4.98 Å². The minimum atomic E-state index is -4.95. The molecule has 10 heteroatoms. The number of benzene rings is 1. The molecule has 0 aliphatic heterocycles. The van der Waals surface area contributed by atoms with Gasteiger partial charge in [0.05, 0.1) is 5.56 Å². The first kappa shape index (κ1) is 20.8. The maximum Gasteiger partial charge on any atom is 0.409 e. The van der Waals surface area contributed by atoms with Crippen LogP contribution in [0.15, 0.2) is 41.6 Å². The number of rotatable bonds is 5. The number of nitriles is 1. The number of hydrogen-bond donors (Lipinski definition) is 0. The van der Waals surface area contributed by atoms with Crippen molar-refractivity contribution in [3.63, 3.8) is 0 Å². The molecule has 0 spiro atoms. The number of aromatic nitrogens is 1. The predicted octanol–water partition coefficient (Wildman–Crippen LogP) is 3.72. The zero-order chi connectivity index (χ0) is 20.4. The van der Waals surface area contributed by atoms with E-state index in [1.807, 2.05) is 0 Å². The molecule has 1 atom stereocenters. The van der Waals surface area contributed by atoms with Crippen LogP contribution in [0.4, 0.5) is 17.6 Å². The van der Waals surface area contributed by atoms with Crippen LogP contribution in [0.1, 0.15) is 29.7 Å². The number of hydrogen-bond acceptors (Lipinski definition) is 4. The Balaban J connectivity index is 2.64. The van der Waals surface area contributed by atoms with Gasteiger partial charge in [0.25, 0.3) is 0 Å². The lowest BCUT2D eigenvalue weighted by Crippen LogP contribution is -2.42. The van der Waals surface area contributed by atoms with Crippen molar-refractivity contribution in [1.82, 2.24) is 9.29 Å². The van der Waals surface area contributed by atoms with Gasteiger partial charge in [-0.1, -0.05) is 19.1 Å². The quantitative estimate of drug-likeness (QED) is 0.716. The Morgan fingerprint density at radius 2 is 1.93 bits per heavy atom. The van der Waals surface area contributed by atoms with Crippen molar-refractivity contribution < 1.29 is 26.0 Å². The number of nitrogens with zero attached hydrogens (tertiary/aromatic N) is 3. The van der Waals surface area contributed by atoms with Crippen LogP contribution >= 0.6 is 0 Å². The highest BCUT2D eigenvalue weighted by molar-refractivity contribution is 7.89. The van der Waals surface area contributed by atoms with E-state index in [4.69, 9.17) is 5.26 Å². The van der Waals surface area contributed by atoms with Gasteiger partial charge in [-0.05, 0) is 30.2 Å². The summed E-state index contributed by atoms with van der Waals surface area (Å²) in [7, 11) is -4.63. The summed E-state index contributed by atoms with van der Waals surface area (Å²) in [6.07, 6.45) is -2.98. The van der Waals surface area contributed by atoms with E-state index in [0.717, 1.165) is 36.7 Å². The van der Waals surface area contributed by atoms with E-state index < -0.39 is 45.1 Å². The van der Waals surface area contributed by atoms with Gasteiger partial charge < -0.3 is 0 Å². The van der Waals surface area contributed by atoms with Crippen molar-refractivity contribution in [3.05, 3.63) is 59.2 Å². The number of pyridine rings is 1. The van der Waals surface area contributed by atoms with Crippen LogP contribution in [0.25, 0.3) is 0 Å². The van der Waals surface area contributed by atoms with Gasteiger partial charge >= 0.3 is 6.18 Å². The Morgan fingerprint density at radius 1 is 1.26 bits per heavy atom. The fourth-order valence-electron chi connectivity index (χ4n) is 2.60. The standard InChI is InChI=1S/C17H15F4N3O2S/c1-3-24(27(25,26)14-7-12(8-22)9-23-10-14)16(17(19,20)21)13-4-5-15(18)11(2)6-13/h4-7,9-10,16H,3H2,1-2H3/t16-/m1/s1. The molecule has 2 rings (SSSR count). The van der Waals surface area contributed by atoms with Crippen LogP contribution in [-0.4, -0.2) is 30.4 Å². The molecule has 2 aromatic rings. The lowest BCUT2D eigenvalue weighted by molar-refractivity contribution is -0.173. The van der Waals surface area contributed by atoms with Crippen LogP contribution in [0.2, 0.25) is 0 Å². The largest absolute Gasteiger partial charge is 0.409 e. The third-order valence-electron chi connectivity index (χ3n) is 3.86. The first-order chi connectivity index (χ1) is 12.5. The number of sulfonamides is 1. The van der Waals surface area contributed by atoms with Crippen LogP contribution in [0.3, 0.4) is 0 Å². The third kappa shape index (κ3) is 4.26. The fraction of sp³-hybridized carbons (Fsp3) is 0.294. The summed E-state index contributed by atoms with van der Waals surface area (Å²) in [5, 5.41) is 8.88. The first-order valence-electron chi connectivity index (χ1n) is 7.72. The molecule has 0 unspecified atom stereocenters. The Kier molecular flexibility index (Phi) is 5.87. The van der Waals surface area contributed by atoms with E-state index in [-0.39, 0.29) is 15.4 Å². The molecule has 0 fully saturated rings. The molecule has 0 radical (unpaired) electrons. The Labute approximate surface area is 153 Å². The summed E-state index contributed by atoms with van der Waals surface area (Å²) < 4.78 is 80.8. The van der Waals surface area contributed by atoms with Crippen LogP contribution < -0.4 is 0 Å². The molecule has 0 aliphatic rings. The van der Waals surface area contributed by atoms with Crippen molar-refractivity contribution >= 4 is 10.0 Å². The lowest BCUT2D eigenvalue weighted by atomic mass is 10.0. The average molecular weight is 401 g/mol. The Hall–Kier alpha value is -2.51. The average Bonchev–Trinajstić information content (AvgIpc) is 2.61. The van der Waals surface area contributed by atoms with E-state index in [0.29, 0.717) is 0 Å². The molecule has 0 saturated carbocycles. The Morgan fingerprint density at radius 3 is 2.44 bits per heavy atom. The lowest BCUT2D eigenvalue weighted by Gasteiger charge is -2.32. The van der Waals surface area contributed by atoms with Gasteiger partial charge in [0.15, 0.2) is 0 Å². The van der Waals surface area contributed by atoms with Crippen LogP contribution in [-0.2, 0) is 10.0 Å². The molecule has 1 aromatic heterocycles. The van der Waals surface area contributed by atoms with Gasteiger partial charge in [0, 0.05) is 18.9 Å². The second kappa shape index (κ2) is 7.62. The summed E-state index contributed by atoms with van der Waals surface area (Å²) in [6, 6.07) is 2.86. The van der Waals surface area contributed by atoms with Crippen LogP contribution in [0.5, 0.6) is 0 Å². The molecular weight excluding hydrogens is 386 g/mol. The predicted molar refractivity (Wildman–Crippen MR) is 88.5 cm³/mol. The highest BCUT2D eigenvalue weighted by Crippen LogP contribution is 2.40. The highest BCUT2D eigenvalue weighted by Gasteiger charge is 2.48. The SMILES string of the molecule is CCN([C@H](c1ccc(F)c(C)c1)C(F)(F)F)S(=O)(=O)c1cncc(C#N)c1. The van der Waals surface area contributed by atoms with Crippen molar-refractivity contribution in [1.29, 1.82) is 5.26 Å². The van der Waals surface area contributed by atoms with E-state index in [9.17, 15) is 26.0 Å². The highest BCUT2D eigenvalue weighted by atomic mass is 32.2. The third-order valence-corrected chi connectivity index (χ3v) is 5.76. The van der Waals surface area contributed by atoms with E-state index >= 15 is 0 Å². The molecule has 1 heterocycles. The first-order valence-corrected chi connectivity index (χ1v) is 9.16. The second-order valence-corrected chi connectivity index (χ2v) is 7.57. The second-order valence-electron chi connectivity index (χ2n) is 5.68. The van der Waals surface area contributed by atoms with Crippen molar-refractivity contribution in [3.8, 4) is 6.07 Å². The maximum atomic E-state index is 13.8. The minimum Gasteiger partial charge on any atom is -0.262 e. The molecule has 27 heavy (non-hydrogen) atoms. The number of halogens is 4. The molecule has 0 bridgehead atoms. The Bertz CT molecular complexity index is 984. The number of aryl methyl sites for hydroxylation is 1. The van der Waals surface area contributed by atoms with E-state index in [2.05, 4.69) is 4.98 Å². The molecule has 144 valence electrons. The maximum absolute atomic E-state index is 13.8. The van der Waals surface area contributed by atoms with Gasteiger partial charge in [0.1, 0.15) is 22.8 Å². The smallest absolute Gasteiger partial charge is 0.262 e. The van der Waals surface area contributed by atoms with Crippen molar-refractivity contribution in [2.75, 3.05) is 6.54 Å². The summed E-state index contributed by atoms with van der Waals surface area (Å²) in [4.78, 5) is 3.07. The molecule has 1 aromatic carbocycles. The van der Waals surface area contributed by atoms with Crippen molar-refractivity contribution in [2.45, 2.75) is 31.0 Å². The fourth-order valence-corrected chi connectivity index (χ4v) is 4.20. The molecular formula is C17H15F4N3O2S. The molecule has 0 aliphatic carbocycles. The molecule has 0 amide bonds. The van der Waals surface area contributed by atoms with Gasteiger partial charge in [0.2, 0.25) is 10.0 Å². The topological polar surface area (TPSA) is 74.1 Å². The van der Waals surface area contributed by atoms with Crippen molar-refractivity contribution in [2.24, 2.45) is 0 Å². The summed E-state index contributed by atoms with van der Waals surface area (Å²) >= 11 is 0. The normalized spacial score (nSPS) is 13.4. The summed E-state index contributed by atoms with van der Waals surface area (Å²) in [5.41, 5.74) is -0.548. The van der Waals surface area contributed by atoms with Crippen LogP contribution in [0, 0.1) is 24.1 Å². The van der Waals surface area contributed by atoms with E-state index in [1.165, 1.54) is 13.8 Å². The zero-order valence-electron chi connectivity index (χ0n) is 14.3.